The van der Waals surface area contributed by atoms with Crippen LogP contribution in [0.4, 0.5) is 0 Å². The van der Waals surface area contributed by atoms with Crippen LogP contribution in [0.15, 0.2) is 6.07 Å². The molecule has 0 saturated heterocycles. The molecule has 0 bridgehead atoms. The van der Waals surface area contributed by atoms with E-state index in [1.54, 1.807) is 0 Å². The molecule has 0 aromatic carbocycles. The van der Waals surface area contributed by atoms with Gasteiger partial charge in [-0.1, -0.05) is 6.92 Å². The van der Waals surface area contributed by atoms with Crippen molar-refractivity contribution in [3.8, 4) is 0 Å². The Bertz CT molecular complexity index is 382. The first kappa shape index (κ1) is 16.3. The van der Waals surface area contributed by atoms with E-state index in [1.165, 1.54) is 23.4 Å². The summed E-state index contributed by atoms with van der Waals surface area (Å²) >= 11 is 0. The zero-order valence-electron chi connectivity index (χ0n) is 13.6. The Morgan fingerprint density at radius 1 is 1.32 bits per heavy atom. The highest BCUT2D eigenvalue weighted by Crippen LogP contribution is 2.14. The molecular formula is C16H31N3. The second-order valence-corrected chi connectivity index (χ2v) is 5.56. The van der Waals surface area contributed by atoms with Gasteiger partial charge in [0, 0.05) is 43.6 Å². The highest BCUT2D eigenvalue weighted by Gasteiger charge is 2.08. The van der Waals surface area contributed by atoms with Crippen molar-refractivity contribution in [1.29, 1.82) is 0 Å². The van der Waals surface area contributed by atoms with E-state index < -0.39 is 0 Å². The van der Waals surface area contributed by atoms with Gasteiger partial charge in [0.1, 0.15) is 0 Å². The molecule has 0 aliphatic carbocycles. The number of rotatable bonds is 8. The monoisotopic (exact) mass is 265 g/mol. The van der Waals surface area contributed by atoms with Gasteiger partial charge in [-0.3, -0.25) is 0 Å². The third kappa shape index (κ3) is 4.36. The normalized spacial score (nSPS) is 13.2. The van der Waals surface area contributed by atoms with Gasteiger partial charge in [-0.05, 0) is 52.8 Å². The van der Waals surface area contributed by atoms with E-state index in [4.69, 9.17) is 0 Å². The lowest BCUT2D eigenvalue weighted by Crippen LogP contribution is -2.34. The van der Waals surface area contributed by atoms with E-state index in [1.807, 2.05) is 0 Å². The second kappa shape index (κ2) is 7.71. The summed E-state index contributed by atoms with van der Waals surface area (Å²) in [5.74, 6) is 0. The summed E-state index contributed by atoms with van der Waals surface area (Å²) in [5, 5.41) is 3.56. The fraction of sp³-hybridized carbons (Fsp3) is 0.750. The molecule has 3 heteroatoms. The molecule has 3 nitrogen and oxygen atoms in total. The summed E-state index contributed by atoms with van der Waals surface area (Å²) in [7, 11) is 2.21. The van der Waals surface area contributed by atoms with Gasteiger partial charge in [-0.25, -0.2) is 0 Å². The molecule has 1 N–H and O–H groups in total. The first-order valence-electron chi connectivity index (χ1n) is 7.57. The number of aromatic nitrogens is 1. The van der Waals surface area contributed by atoms with Crippen molar-refractivity contribution in [2.45, 2.75) is 60.2 Å². The topological polar surface area (TPSA) is 20.2 Å². The van der Waals surface area contributed by atoms with E-state index in [2.05, 4.69) is 62.5 Å². The number of nitrogens with zero attached hydrogens (tertiary/aromatic N) is 2. The number of likely N-dealkylation sites (N-methyl/N-ethyl adjacent to an activating group) is 1. The summed E-state index contributed by atoms with van der Waals surface area (Å²) in [6, 6.07) is 2.98. The molecule has 1 heterocycles. The van der Waals surface area contributed by atoms with Crippen LogP contribution in [0.1, 0.15) is 44.1 Å². The Balaban J connectivity index is 2.38. The molecule has 0 amide bonds. The minimum Gasteiger partial charge on any atom is -0.349 e. The molecule has 1 atom stereocenters. The zero-order valence-corrected chi connectivity index (χ0v) is 13.6. The quantitative estimate of drug-likeness (QED) is 0.729. The standard InChI is InChI=1S/C16H31N3/c1-7-13(3)18(6)10-9-17-12-16-11-14(4)19(8-2)15(16)5/h11,13,17H,7-10,12H2,1-6H3. The molecule has 1 rings (SSSR count). The van der Waals surface area contributed by atoms with Crippen molar-refractivity contribution in [3.05, 3.63) is 23.0 Å². The summed E-state index contributed by atoms with van der Waals surface area (Å²) in [6.07, 6.45) is 1.22. The number of hydrogen-bond acceptors (Lipinski definition) is 2. The van der Waals surface area contributed by atoms with Gasteiger partial charge in [0.2, 0.25) is 0 Å². The minimum absolute atomic E-state index is 0.673. The minimum atomic E-state index is 0.673. The molecular weight excluding hydrogens is 234 g/mol. The lowest BCUT2D eigenvalue weighted by atomic mass is 10.2. The van der Waals surface area contributed by atoms with Crippen LogP contribution < -0.4 is 5.32 Å². The summed E-state index contributed by atoms with van der Waals surface area (Å²) in [5.41, 5.74) is 4.21. The molecule has 0 aliphatic heterocycles. The summed E-state index contributed by atoms with van der Waals surface area (Å²) in [4.78, 5) is 2.42. The molecule has 0 saturated carbocycles. The molecule has 1 aromatic rings. The van der Waals surface area contributed by atoms with Crippen molar-refractivity contribution in [2.24, 2.45) is 0 Å². The molecule has 0 radical (unpaired) electrons. The lowest BCUT2D eigenvalue weighted by Gasteiger charge is -2.23. The molecule has 1 aromatic heterocycles. The fourth-order valence-corrected chi connectivity index (χ4v) is 2.55. The third-order valence-corrected chi connectivity index (χ3v) is 4.29. The summed E-state index contributed by atoms with van der Waals surface area (Å²) < 4.78 is 2.38. The average molecular weight is 265 g/mol. The van der Waals surface area contributed by atoms with Crippen LogP contribution in [0.25, 0.3) is 0 Å². The van der Waals surface area contributed by atoms with Crippen molar-refractivity contribution in [1.82, 2.24) is 14.8 Å². The van der Waals surface area contributed by atoms with E-state index in [-0.39, 0.29) is 0 Å². The fourth-order valence-electron chi connectivity index (χ4n) is 2.55. The van der Waals surface area contributed by atoms with Gasteiger partial charge < -0.3 is 14.8 Å². The molecule has 0 aliphatic rings. The molecule has 0 spiro atoms. The Morgan fingerprint density at radius 2 is 2.00 bits per heavy atom. The van der Waals surface area contributed by atoms with Crippen LogP contribution in [0, 0.1) is 13.8 Å². The van der Waals surface area contributed by atoms with E-state index in [0.29, 0.717) is 6.04 Å². The molecule has 19 heavy (non-hydrogen) atoms. The van der Waals surface area contributed by atoms with Crippen LogP contribution >= 0.6 is 0 Å². The molecule has 1 unspecified atom stereocenters. The predicted molar refractivity (Wildman–Crippen MR) is 83.7 cm³/mol. The van der Waals surface area contributed by atoms with Crippen LogP contribution in [-0.2, 0) is 13.1 Å². The Labute approximate surface area is 119 Å². The number of aryl methyl sites for hydroxylation is 1. The van der Waals surface area contributed by atoms with Crippen LogP contribution in [0.3, 0.4) is 0 Å². The Hall–Kier alpha value is -0.800. The highest BCUT2D eigenvalue weighted by atomic mass is 15.1. The van der Waals surface area contributed by atoms with E-state index in [9.17, 15) is 0 Å². The first-order chi connectivity index (χ1) is 9.01. The maximum atomic E-state index is 3.56. The van der Waals surface area contributed by atoms with Crippen LogP contribution in [-0.4, -0.2) is 35.6 Å². The molecule has 0 fully saturated rings. The maximum absolute atomic E-state index is 3.56. The first-order valence-corrected chi connectivity index (χ1v) is 7.57. The Kier molecular flexibility index (Phi) is 6.59. The van der Waals surface area contributed by atoms with Gasteiger partial charge in [-0.2, -0.15) is 0 Å². The van der Waals surface area contributed by atoms with Crippen molar-refractivity contribution < 1.29 is 0 Å². The number of hydrogen-bond donors (Lipinski definition) is 1. The largest absolute Gasteiger partial charge is 0.349 e. The van der Waals surface area contributed by atoms with Crippen LogP contribution in [0.2, 0.25) is 0 Å². The molecule has 110 valence electrons. The van der Waals surface area contributed by atoms with Crippen LogP contribution in [0.5, 0.6) is 0 Å². The van der Waals surface area contributed by atoms with Gasteiger partial charge >= 0.3 is 0 Å². The van der Waals surface area contributed by atoms with E-state index in [0.717, 1.165) is 26.2 Å². The SMILES string of the molecule is CCC(C)N(C)CCNCc1cc(C)n(CC)c1C. The van der Waals surface area contributed by atoms with Gasteiger partial charge in [0.25, 0.3) is 0 Å². The lowest BCUT2D eigenvalue weighted by molar-refractivity contribution is 0.251. The third-order valence-electron chi connectivity index (χ3n) is 4.29. The Morgan fingerprint density at radius 3 is 2.53 bits per heavy atom. The van der Waals surface area contributed by atoms with Gasteiger partial charge in [0.15, 0.2) is 0 Å². The summed E-state index contributed by atoms with van der Waals surface area (Å²) in [6.45, 7) is 15.4. The van der Waals surface area contributed by atoms with Crippen molar-refractivity contribution in [3.63, 3.8) is 0 Å². The smallest absolute Gasteiger partial charge is 0.0223 e. The van der Waals surface area contributed by atoms with Crippen molar-refractivity contribution >= 4 is 0 Å². The van der Waals surface area contributed by atoms with E-state index >= 15 is 0 Å². The average Bonchev–Trinajstić information content (AvgIpc) is 2.67. The second-order valence-electron chi connectivity index (χ2n) is 5.56. The van der Waals surface area contributed by atoms with Gasteiger partial charge in [0.05, 0.1) is 0 Å². The highest BCUT2D eigenvalue weighted by molar-refractivity contribution is 5.26. The zero-order chi connectivity index (χ0) is 14.4. The van der Waals surface area contributed by atoms with Gasteiger partial charge in [-0.15, -0.1) is 0 Å². The predicted octanol–water partition coefficient (Wildman–Crippen LogP) is 2.94. The van der Waals surface area contributed by atoms with Crippen molar-refractivity contribution in [2.75, 3.05) is 20.1 Å². The number of nitrogens with one attached hydrogen (secondary N) is 1. The maximum Gasteiger partial charge on any atom is 0.0223 e.